The van der Waals surface area contributed by atoms with E-state index >= 15 is 0 Å². The number of hydrogen-bond acceptors (Lipinski definition) is 3. The first-order valence-electron chi connectivity index (χ1n) is 5.50. The molecule has 0 aliphatic carbocycles. The standard InChI is InChI=1S/C12H16N3O2/c1-11(2)7-9(12(3,4)15(11)17)10(16)14-6-5-13-8-14/h5-8H,1-4H3. The van der Waals surface area contributed by atoms with Crippen LogP contribution in [0.3, 0.4) is 0 Å². The monoisotopic (exact) mass is 234 g/mol. The number of rotatable bonds is 1. The van der Waals surface area contributed by atoms with Crippen LogP contribution in [-0.4, -0.2) is 31.6 Å². The molecule has 0 N–H and O–H groups in total. The van der Waals surface area contributed by atoms with Crippen LogP contribution in [0.5, 0.6) is 0 Å². The maximum Gasteiger partial charge on any atom is 0.260 e. The Hall–Kier alpha value is -1.46. The van der Waals surface area contributed by atoms with Gasteiger partial charge in [-0.25, -0.2) is 4.98 Å². The second kappa shape index (κ2) is 3.51. The molecule has 1 aliphatic heterocycles. The molecule has 0 atom stereocenters. The van der Waals surface area contributed by atoms with Crippen LogP contribution in [-0.2, 0) is 5.21 Å². The normalized spacial score (nSPS) is 22.5. The summed E-state index contributed by atoms with van der Waals surface area (Å²) in [4.78, 5) is 16.1. The van der Waals surface area contributed by atoms with Crippen molar-refractivity contribution >= 4 is 5.91 Å². The minimum atomic E-state index is -0.815. The minimum absolute atomic E-state index is 0.195. The molecule has 5 nitrogen and oxygen atoms in total. The van der Waals surface area contributed by atoms with Gasteiger partial charge in [0.2, 0.25) is 0 Å². The summed E-state index contributed by atoms with van der Waals surface area (Å²) in [5, 5.41) is 13.1. The topological polar surface area (TPSA) is 58.0 Å². The lowest BCUT2D eigenvalue weighted by Crippen LogP contribution is -2.47. The first-order chi connectivity index (χ1) is 7.77. The van der Waals surface area contributed by atoms with Crippen molar-refractivity contribution in [2.75, 3.05) is 0 Å². The van der Waals surface area contributed by atoms with Crippen LogP contribution in [0.15, 0.2) is 30.4 Å². The number of aromatic nitrogens is 2. The SMILES string of the molecule is CC1(C)C=C(C(=O)n2ccnc2)C(C)(C)N1[O]. The summed E-state index contributed by atoms with van der Waals surface area (Å²) < 4.78 is 1.39. The van der Waals surface area contributed by atoms with E-state index < -0.39 is 11.1 Å². The molecule has 0 fully saturated rings. The van der Waals surface area contributed by atoms with Crippen molar-refractivity contribution in [1.82, 2.24) is 14.6 Å². The van der Waals surface area contributed by atoms with Crippen LogP contribution < -0.4 is 0 Å². The lowest BCUT2D eigenvalue weighted by molar-refractivity contribution is -0.238. The van der Waals surface area contributed by atoms with Gasteiger partial charge in [0, 0.05) is 18.0 Å². The zero-order valence-corrected chi connectivity index (χ0v) is 10.5. The third kappa shape index (κ3) is 1.71. The predicted molar refractivity (Wildman–Crippen MR) is 61.6 cm³/mol. The second-order valence-corrected chi connectivity index (χ2v) is 5.34. The highest BCUT2D eigenvalue weighted by atomic mass is 16.5. The molecule has 1 radical (unpaired) electrons. The number of carbonyl (C=O) groups is 1. The van der Waals surface area contributed by atoms with Crippen molar-refractivity contribution in [3.63, 3.8) is 0 Å². The Morgan fingerprint density at radius 1 is 1.29 bits per heavy atom. The van der Waals surface area contributed by atoms with Gasteiger partial charge >= 0.3 is 0 Å². The molecule has 0 aromatic carbocycles. The summed E-state index contributed by atoms with van der Waals surface area (Å²) in [6.07, 6.45) is 6.31. The zero-order valence-electron chi connectivity index (χ0n) is 10.5. The summed E-state index contributed by atoms with van der Waals surface area (Å²) >= 11 is 0. The van der Waals surface area contributed by atoms with E-state index in [0.717, 1.165) is 5.06 Å². The molecule has 0 unspecified atom stereocenters. The molecule has 1 aliphatic rings. The van der Waals surface area contributed by atoms with Crippen LogP contribution >= 0.6 is 0 Å². The van der Waals surface area contributed by atoms with E-state index in [1.54, 1.807) is 46.2 Å². The van der Waals surface area contributed by atoms with E-state index in [-0.39, 0.29) is 5.91 Å². The third-order valence-corrected chi connectivity index (χ3v) is 3.16. The summed E-state index contributed by atoms with van der Waals surface area (Å²) in [5.74, 6) is -0.195. The maximum atomic E-state index is 12.2. The summed E-state index contributed by atoms with van der Waals surface area (Å²) in [5.41, 5.74) is -0.963. The molecule has 1 aromatic heterocycles. The van der Waals surface area contributed by atoms with Gasteiger partial charge in [0.15, 0.2) is 0 Å². The fourth-order valence-electron chi connectivity index (χ4n) is 2.26. The molecule has 0 spiro atoms. The Morgan fingerprint density at radius 2 is 1.94 bits per heavy atom. The van der Waals surface area contributed by atoms with Crippen LogP contribution in [0.25, 0.3) is 0 Å². The first-order valence-corrected chi connectivity index (χ1v) is 5.50. The summed E-state index contributed by atoms with van der Waals surface area (Å²) in [6, 6.07) is 0. The number of nitrogens with zero attached hydrogens (tertiary/aromatic N) is 3. The number of carbonyl (C=O) groups excluding carboxylic acids is 1. The highest BCUT2D eigenvalue weighted by Gasteiger charge is 2.49. The number of imidazole rings is 1. The van der Waals surface area contributed by atoms with Gasteiger partial charge in [-0.3, -0.25) is 9.36 Å². The molecule has 2 rings (SSSR count). The van der Waals surface area contributed by atoms with Gasteiger partial charge in [-0.15, -0.1) is 10.3 Å². The first kappa shape index (κ1) is 12.0. The van der Waals surface area contributed by atoms with E-state index in [9.17, 15) is 10.0 Å². The van der Waals surface area contributed by atoms with Crippen LogP contribution in [0.1, 0.15) is 32.5 Å². The lowest BCUT2D eigenvalue weighted by Gasteiger charge is -2.33. The highest BCUT2D eigenvalue weighted by Crippen LogP contribution is 2.39. The second-order valence-electron chi connectivity index (χ2n) is 5.34. The molecule has 17 heavy (non-hydrogen) atoms. The number of hydrogen-bond donors (Lipinski definition) is 0. The van der Waals surface area contributed by atoms with Crippen molar-refractivity contribution in [2.45, 2.75) is 38.8 Å². The molecule has 0 saturated heterocycles. The van der Waals surface area contributed by atoms with Gasteiger partial charge < -0.3 is 0 Å². The highest BCUT2D eigenvalue weighted by molar-refractivity contribution is 5.98. The molecule has 91 valence electrons. The lowest BCUT2D eigenvalue weighted by atomic mass is 9.96. The Bertz CT molecular complexity index is 472. The Labute approximate surface area is 100 Å². The van der Waals surface area contributed by atoms with Crippen molar-refractivity contribution in [3.05, 3.63) is 30.4 Å². The van der Waals surface area contributed by atoms with Crippen molar-refractivity contribution in [2.24, 2.45) is 0 Å². The molecule has 0 amide bonds. The Kier molecular flexibility index (Phi) is 2.48. The fraction of sp³-hybridized carbons (Fsp3) is 0.500. The van der Waals surface area contributed by atoms with Crippen molar-refractivity contribution in [1.29, 1.82) is 0 Å². The summed E-state index contributed by atoms with van der Waals surface area (Å²) in [6.45, 7) is 7.12. The Morgan fingerprint density at radius 3 is 2.35 bits per heavy atom. The predicted octanol–water partition coefficient (Wildman–Crippen LogP) is 1.67. The van der Waals surface area contributed by atoms with Crippen molar-refractivity contribution < 1.29 is 10.0 Å². The third-order valence-electron chi connectivity index (χ3n) is 3.16. The van der Waals surface area contributed by atoms with E-state index in [4.69, 9.17) is 0 Å². The van der Waals surface area contributed by atoms with Gasteiger partial charge in [-0.05, 0) is 27.7 Å². The van der Waals surface area contributed by atoms with Gasteiger partial charge in [0.05, 0.1) is 11.1 Å². The van der Waals surface area contributed by atoms with Crippen LogP contribution in [0.4, 0.5) is 0 Å². The largest absolute Gasteiger partial charge is 0.272 e. The molecule has 0 saturated carbocycles. The van der Waals surface area contributed by atoms with E-state index in [1.807, 2.05) is 0 Å². The fourth-order valence-corrected chi connectivity index (χ4v) is 2.26. The average molecular weight is 234 g/mol. The van der Waals surface area contributed by atoms with E-state index in [2.05, 4.69) is 4.98 Å². The van der Waals surface area contributed by atoms with Crippen LogP contribution in [0.2, 0.25) is 0 Å². The molecule has 5 heteroatoms. The molecular weight excluding hydrogens is 218 g/mol. The minimum Gasteiger partial charge on any atom is -0.272 e. The summed E-state index contributed by atoms with van der Waals surface area (Å²) in [7, 11) is 0. The quantitative estimate of drug-likeness (QED) is 0.742. The molecule has 1 aromatic rings. The molecule has 0 bridgehead atoms. The maximum absolute atomic E-state index is 12.2. The number of hydroxylamine groups is 2. The van der Waals surface area contributed by atoms with Crippen molar-refractivity contribution in [3.8, 4) is 0 Å². The Balaban J connectivity index is 2.43. The van der Waals surface area contributed by atoms with E-state index in [1.165, 1.54) is 10.9 Å². The van der Waals surface area contributed by atoms with Gasteiger partial charge in [0.1, 0.15) is 6.33 Å². The zero-order chi connectivity index (χ0) is 12.8. The average Bonchev–Trinajstić information content (AvgIpc) is 2.81. The smallest absolute Gasteiger partial charge is 0.260 e. The molecular formula is C12H16N3O2. The van der Waals surface area contributed by atoms with Crippen LogP contribution in [0, 0.1) is 0 Å². The molecule has 2 heterocycles. The van der Waals surface area contributed by atoms with E-state index in [0.29, 0.717) is 5.57 Å². The van der Waals surface area contributed by atoms with Gasteiger partial charge in [-0.1, -0.05) is 6.08 Å². The van der Waals surface area contributed by atoms with Gasteiger partial charge in [-0.2, -0.15) is 0 Å². The van der Waals surface area contributed by atoms with Gasteiger partial charge in [0.25, 0.3) is 5.91 Å².